The van der Waals surface area contributed by atoms with Gasteiger partial charge in [-0.25, -0.2) is 0 Å². The first-order valence-corrected chi connectivity index (χ1v) is 8.51. The summed E-state index contributed by atoms with van der Waals surface area (Å²) in [7, 11) is 0. The fraction of sp³-hybridized carbons (Fsp3) is 0.294. The van der Waals surface area contributed by atoms with Gasteiger partial charge in [-0.2, -0.15) is 0 Å². The Balaban J connectivity index is 2.13. The molecule has 3 aromatic rings. The van der Waals surface area contributed by atoms with Crippen molar-refractivity contribution in [2.24, 2.45) is 5.73 Å². The largest absolute Gasteiger partial charge is 0.354 e. The summed E-state index contributed by atoms with van der Waals surface area (Å²) in [4.78, 5) is 4.91. The predicted molar refractivity (Wildman–Crippen MR) is 93.4 cm³/mol. The Kier molecular flexibility index (Phi) is 4.34. The summed E-state index contributed by atoms with van der Waals surface area (Å²) >= 11 is 7.97. The number of hydrogen-bond acceptors (Lipinski definition) is 2. The third-order valence-corrected chi connectivity index (χ3v) is 5.11. The molecule has 4 heteroatoms. The standard InChI is InChI=1S/C17H19ClN2S/c1-11-7-9-21-17(11)16-13(4-2-3-8-19)14-10-12(18)5-6-15(14)20-16/h5-7,9-10,20H,2-4,8,19H2,1H3. The first-order valence-electron chi connectivity index (χ1n) is 7.25. The summed E-state index contributed by atoms with van der Waals surface area (Å²) in [6.07, 6.45) is 3.19. The van der Waals surface area contributed by atoms with Crippen molar-refractivity contribution in [3.05, 3.63) is 45.8 Å². The van der Waals surface area contributed by atoms with Crippen LogP contribution >= 0.6 is 22.9 Å². The van der Waals surface area contributed by atoms with E-state index in [1.807, 2.05) is 6.07 Å². The molecule has 0 radical (unpaired) electrons. The van der Waals surface area contributed by atoms with Crippen LogP contribution in [0.5, 0.6) is 0 Å². The topological polar surface area (TPSA) is 41.8 Å². The highest BCUT2D eigenvalue weighted by molar-refractivity contribution is 7.13. The highest BCUT2D eigenvalue weighted by Crippen LogP contribution is 2.37. The third-order valence-electron chi connectivity index (χ3n) is 3.84. The molecule has 3 N–H and O–H groups in total. The lowest BCUT2D eigenvalue weighted by Gasteiger charge is -2.04. The Bertz CT molecular complexity index is 757. The van der Waals surface area contributed by atoms with Crippen molar-refractivity contribution < 1.29 is 0 Å². The van der Waals surface area contributed by atoms with Crippen LogP contribution in [0, 0.1) is 6.92 Å². The lowest BCUT2D eigenvalue weighted by Crippen LogP contribution is -1.99. The van der Waals surface area contributed by atoms with Gasteiger partial charge in [0.2, 0.25) is 0 Å². The molecule has 2 aromatic heterocycles. The van der Waals surface area contributed by atoms with Gasteiger partial charge in [0.15, 0.2) is 0 Å². The average molecular weight is 319 g/mol. The average Bonchev–Trinajstić information content (AvgIpc) is 3.03. The number of thiophene rings is 1. The molecule has 0 atom stereocenters. The molecule has 0 saturated heterocycles. The second kappa shape index (κ2) is 6.22. The zero-order valence-electron chi connectivity index (χ0n) is 12.1. The van der Waals surface area contributed by atoms with Crippen molar-refractivity contribution in [1.29, 1.82) is 0 Å². The molecule has 110 valence electrons. The highest BCUT2D eigenvalue weighted by Gasteiger charge is 2.15. The first-order chi connectivity index (χ1) is 10.2. The van der Waals surface area contributed by atoms with Gasteiger partial charge in [0.05, 0.1) is 10.6 Å². The summed E-state index contributed by atoms with van der Waals surface area (Å²) in [6, 6.07) is 8.24. The minimum absolute atomic E-state index is 0.747. The molecule has 0 aliphatic heterocycles. The lowest BCUT2D eigenvalue weighted by atomic mass is 10.0. The number of nitrogens with two attached hydrogens (primary N) is 1. The number of rotatable bonds is 5. The number of hydrogen-bond donors (Lipinski definition) is 2. The highest BCUT2D eigenvalue weighted by atomic mass is 35.5. The van der Waals surface area contributed by atoms with Crippen LogP contribution in [0.25, 0.3) is 21.5 Å². The maximum atomic E-state index is 6.19. The Morgan fingerprint density at radius 1 is 1.24 bits per heavy atom. The van der Waals surface area contributed by atoms with Gasteiger partial charge in [0.1, 0.15) is 0 Å². The van der Waals surface area contributed by atoms with E-state index in [1.54, 1.807) is 11.3 Å². The molecule has 2 heterocycles. The van der Waals surface area contributed by atoms with Crippen molar-refractivity contribution in [1.82, 2.24) is 4.98 Å². The number of nitrogens with one attached hydrogen (secondary N) is 1. The molecular formula is C17H19ClN2S. The van der Waals surface area contributed by atoms with E-state index in [0.29, 0.717) is 0 Å². The number of halogens is 1. The maximum absolute atomic E-state index is 6.19. The quantitative estimate of drug-likeness (QED) is 0.628. The predicted octanol–water partition coefficient (Wildman–Crippen LogP) is 5.14. The Labute approximate surface area is 133 Å². The van der Waals surface area contributed by atoms with E-state index >= 15 is 0 Å². The van der Waals surface area contributed by atoms with Crippen LogP contribution in [0.1, 0.15) is 24.0 Å². The Hall–Kier alpha value is -1.29. The molecule has 3 rings (SSSR count). The van der Waals surface area contributed by atoms with Gasteiger partial charge in [-0.15, -0.1) is 11.3 Å². The fourth-order valence-electron chi connectivity index (χ4n) is 2.75. The summed E-state index contributed by atoms with van der Waals surface area (Å²) in [5.41, 5.74) is 10.7. The Morgan fingerprint density at radius 3 is 2.81 bits per heavy atom. The molecule has 0 spiro atoms. The zero-order chi connectivity index (χ0) is 14.8. The van der Waals surface area contributed by atoms with Crippen LogP contribution in [0.4, 0.5) is 0 Å². The number of H-pyrrole nitrogens is 1. The Morgan fingerprint density at radius 2 is 2.10 bits per heavy atom. The number of aromatic nitrogens is 1. The van der Waals surface area contributed by atoms with Crippen LogP contribution in [0.3, 0.4) is 0 Å². The number of benzene rings is 1. The summed E-state index contributed by atoms with van der Waals surface area (Å²) in [5, 5.41) is 4.17. The van der Waals surface area contributed by atoms with Crippen LogP contribution in [-0.4, -0.2) is 11.5 Å². The van der Waals surface area contributed by atoms with Gasteiger partial charge >= 0.3 is 0 Å². The fourth-order valence-corrected chi connectivity index (χ4v) is 3.87. The van der Waals surface area contributed by atoms with E-state index in [0.717, 1.165) is 36.3 Å². The van der Waals surface area contributed by atoms with Crippen LogP contribution in [0.15, 0.2) is 29.6 Å². The summed E-state index contributed by atoms with van der Waals surface area (Å²) in [5.74, 6) is 0. The molecule has 0 saturated carbocycles. The molecular weight excluding hydrogens is 300 g/mol. The number of unbranched alkanes of at least 4 members (excludes halogenated alkanes) is 1. The van der Waals surface area contributed by atoms with Crippen molar-refractivity contribution >= 4 is 33.8 Å². The van der Waals surface area contributed by atoms with E-state index < -0.39 is 0 Å². The molecule has 0 amide bonds. The number of aryl methyl sites for hydroxylation is 2. The molecule has 0 bridgehead atoms. The second-order valence-electron chi connectivity index (χ2n) is 5.35. The van der Waals surface area contributed by atoms with Crippen molar-refractivity contribution in [2.45, 2.75) is 26.2 Å². The SMILES string of the molecule is Cc1ccsc1-c1[nH]c2ccc(Cl)cc2c1CCCCN. The van der Waals surface area contributed by atoms with Crippen molar-refractivity contribution in [2.75, 3.05) is 6.54 Å². The number of fused-ring (bicyclic) bond motifs is 1. The molecule has 21 heavy (non-hydrogen) atoms. The number of aromatic amines is 1. The lowest BCUT2D eigenvalue weighted by molar-refractivity contribution is 0.748. The molecule has 1 aromatic carbocycles. The second-order valence-corrected chi connectivity index (χ2v) is 6.70. The van der Waals surface area contributed by atoms with Gasteiger partial charge in [-0.1, -0.05) is 11.6 Å². The van der Waals surface area contributed by atoms with E-state index in [9.17, 15) is 0 Å². The van der Waals surface area contributed by atoms with Crippen LogP contribution in [-0.2, 0) is 6.42 Å². The molecule has 0 aliphatic rings. The normalized spacial score (nSPS) is 11.4. The molecule has 0 fully saturated rings. The minimum Gasteiger partial charge on any atom is -0.354 e. The van der Waals surface area contributed by atoms with Gasteiger partial charge in [0.25, 0.3) is 0 Å². The minimum atomic E-state index is 0.747. The van der Waals surface area contributed by atoms with Crippen LogP contribution < -0.4 is 5.73 Å². The van der Waals surface area contributed by atoms with Gasteiger partial charge in [-0.3, -0.25) is 0 Å². The van der Waals surface area contributed by atoms with Crippen molar-refractivity contribution in [3.8, 4) is 10.6 Å². The monoisotopic (exact) mass is 318 g/mol. The van der Waals surface area contributed by atoms with E-state index in [-0.39, 0.29) is 0 Å². The van der Waals surface area contributed by atoms with Gasteiger partial charge < -0.3 is 10.7 Å². The smallest absolute Gasteiger partial charge is 0.0601 e. The third kappa shape index (κ3) is 2.86. The van der Waals surface area contributed by atoms with E-state index in [4.69, 9.17) is 17.3 Å². The zero-order valence-corrected chi connectivity index (χ0v) is 13.7. The summed E-state index contributed by atoms with van der Waals surface area (Å²) < 4.78 is 0. The maximum Gasteiger partial charge on any atom is 0.0601 e. The van der Waals surface area contributed by atoms with Gasteiger partial charge in [-0.05, 0) is 73.5 Å². The van der Waals surface area contributed by atoms with Crippen molar-refractivity contribution in [3.63, 3.8) is 0 Å². The molecule has 0 unspecified atom stereocenters. The van der Waals surface area contributed by atoms with Gasteiger partial charge in [0, 0.05) is 15.9 Å². The summed E-state index contributed by atoms with van der Waals surface area (Å²) in [6.45, 7) is 2.91. The van der Waals surface area contributed by atoms with E-state index in [1.165, 1.54) is 27.1 Å². The van der Waals surface area contributed by atoms with E-state index in [2.05, 4.69) is 35.5 Å². The molecule has 2 nitrogen and oxygen atoms in total. The molecule has 0 aliphatic carbocycles. The first kappa shape index (κ1) is 14.6. The van der Waals surface area contributed by atoms with Crippen LogP contribution in [0.2, 0.25) is 5.02 Å².